The molecule has 3 heteroatoms. The van der Waals surface area contributed by atoms with Crippen LogP contribution in [0.1, 0.15) is 12.5 Å². The third-order valence-corrected chi connectivity index (χ3v) is 2.79. The lowest BCUT2D eigenvalue weighted by Crippen LogP contribution is -2.17. The van der Waals surface area contributed by atoms with Crippen molar-refractivity contribution in [3.8, 4) is 0 Å². The molecule has 1 heterocycles. The summed E-state index contributed by atoms with van der Waals surface area (Å²) in [5.41, 5.74) is 0.349. The quantitative estimate of drug-likeness (QED) is 0.698. The maximum Gasteiger partial charge on any atom is 0.272 e. The van der Waals surface area contributed by atoms with Crippen LogP contribution >= 0.6 is 0 Å². The Morgan fingerprint density at radius 2 is 1.93 bits per heavy atom. The third kappa shape index (κ3) is 2.07. The normalized spacial score (nSPS) is 23.7. The smallest absolute Gasteiger partial charge is 0.272 e. The van der Waals surface area contributed by atoms with Gasteiger partial charge in [0.1, 0.15) is 5.60 Å². The van der Waals surface area contributed by atoms with Gasteiger partial charge in [0.25, 0.3) is 6.08 Å². The van der Waals surface area contributed by atoms with Crippen LogP contribution in [0.4, 0.5) is 8.78 Å². The van der Waals surface area contributed by atoms with Gasteiger partial charge in [-0.25, -0.2) is 0 Å². The average molecular weight is 210 g/mol. The SMILES string of the molecule is CC(=C(F)F)[C@]1(Cc2ccccc2)CO1. The van der Waals surface area contributed by atoms with Crippen molar-refractivity contribution in [2.45, 2.75) is 18.9 Å². The molecule has 0 saturated carbocycles. The molecule has 1 nitrogen and oxygen atoms in total. The number of epoxide rings is 1. The molecule has 2 rings (SSSR count). The molecule has 1 aromatic rings. The summed E-state index contributed by atoms with van der Waals surface area (Å²) in [6, 6.07) is 9.55. The summed E-state index contributed by atoms with van der Waals surface area (Å²) in [4.78, 5) is 0. The zero-order valence-corrected chi connectivity index (χ0v) is 8.47. The molecule has 0 bridgehead atoms. The van der Waals surface area contributed by atoms with Crippen molar-refractivity contribution in [2.24, 2.45) is 0 Å². The molecular formula is C12H12F2O. The molecule has 0 radical (unpaired) electrons. The number of benzene rings is 1. The van der Waals surface area contributed by atoms with Crippen LogP contribution in [-0.4, -0.2) is 12.2 Å². The van der Waals surface area contributed by atoms with Crippen LogP contribution < -0.4 is 0 Å². The van der Waals surface area contributed by atoms with Crippen molar-refractivity contribution in [3.63, 3.8) is 0 Å². The van der Waals surface area contributed by atoms with Gasteiger partial charge in [0.2, 0.25) is 0 Å². The Bertz CT molecular complexity index is 376. The minimum atomic E-state index is -1.62. The average Bonchev–Trinajstić information content (AvgIpc) is 2.99. The fraction of sp³-hybridized carbons (Fsp3) is 0.333. The number of halogens is 2. The van der Waals surface area contributed by atoms with E-state index in [-0.39, 0.29) is 5.57 Å². The van der Waals surface area contributed by atoms with Crippen LogP contribution in [-0.2, 0) is 11.2 Å². The molecule has 1 atom stereocenters. The van der Waals surface area contributed by atoms with E-state index >= 15 is 0 Å². The lowest BCUT2D eigenvalue weighted by molar-refractivity contribution is 0.313. The highest BCUT2D eigenvalue weighted by Crippen LogP contribution is 2.40. The molecule has 0 aliphatic carbocycles. The van der Waals surface area contributed by atoms with Crippen LogP contribution in [0.15, 0.2) is 42.0 Å². The summed E-state index contributed by atoms with van der Waals surface area (Å²) in [6.45, 7) is 1.83. The van der Waals surface area contributed by atoms with Gasteiger partial charge in [-0.2, -0.15) is 8.78 Å². The van der Waals surface area contributed by atoms with Crippen molar-refractivity contribution >= 4 is 0 Å². The van der Waals surface area contributed by atoms with Crippen LogP contribution in [0.3, 0.4) is 0 Å². The van der Waals surface area contributed by atoms with Crippen LogP contribution in [0.25, 0.3) is 0 Å². The lowest BCUT2D eigenvalue weighted by Gasteiger charge is -2.11. The Labute approximate surface area is 87.4 Å². The Morgan fingerprint density at radius 3 is 2.40 bits per heavy atom. The van der Waals surface area contributed by atoms with Gasteiger partial charge in [-0.05, 0) is 12.5 Å². The van der Waals surface area contributed by atoms with E-state index in [4.69, 9.17) is 4.74 Å². The Balaban J connectivity index is 2.17. The van der Waals surface area contributed by atoms with E-state index in [2.05, 4.69) is 0 Å². The first-order chi connectivity index (χ1) is 7.14. The molecule has 15 heavy (non-hydrogen) atoms. The van der Waals surface area contributed by atoms with Crippen LogP contribution in [0, 0.1) is 0 Å². The predicted octanol–water partition coefficient (Wildman–Crippen LogP) is 3.17. The third-order valence-electron chi connectivity index (χ3n) is 2.79. The second-order valence-corrected chi connectivity index (χ2v) is 3.83. The summed E-state index contributed by atoms with van der Waals surface area (Å²) in [6.07, 6.45) is -1.10. The molecule has 0 spiro atoms. The summed E-state index contributed by atoms with van der Waals surface area (Å²) in [5, 5.41) is 0. The van der Waals surface area contributed by atoms with Crippen molar-refractivity contribution in [1.82, 2.24) is 0 Å². The summed E-state index contributed by atoms with van der Waals surface area (Å²) >= 11 is 0. The topological polar surface area (TPSA) is 12.5 Å². The fourth-order valence-corrected chi connectivity index (χ4v) is 1.64. The van der Waals surface area contributed by atoms with E-state index in [1.165, 1.54) is 6.92 Å². The van der Waals surface area contributed by atoms with Crippen LogP contribution in [0.2, 0.25) is 0 Å². The largest absolute Gasteiger partial charge is 0.364 e. The molecule has 0 aromatic heterocycles. The molecule has 1 aliphatic rings. The van der Waals surface area contributed by atoms with Gasteiger partial charge in [0.05, 0.1) is 6.61 Å². The van der Waals surface area contributed by atoms with Gasteiger partial charge in [-0.1, -0.05) is 30.3 Å². The van der Waals surface area contributed by atoms with Crippen molar-refractivity contribution in [2.75, 3.05) is 6.61 Å². The van der Waals surface area contributed by atoms with E-state index in [0.717, 1.165) is 5.56 Å². The molecule has 0 N–H and O–H groups in total. The molecule has 0 unspecified atom stereocenters. The van der Waals surface area contributed by atoms with Gasteiger partial charge in [-0.15, -0.1) is 0 Å². The Kier molecular flexibility index (Phi) is 2.57. The predicted molar refractivity (Wildman–Crippen MR) is 53.7 cm³/mol. The highest BCUT2D eigenvalue weighted by atomic mass is 19.3. The maximum absolute atomic E-state index is 12.5. The van der Waals surface area contributed by atoms with Crippen molar-refractivity contribution < 1.29 is 13.5 Å². The summed E-state index contributed by atoms with van der Waals surface area (Å²) in [5.74, 6) is 0. The first-order valence-corrected chi connectivity index (χ1v) is 4.84. The number of rotatable bonds is 3. The standard InChI is InChI=1S/C12H12F2O/c1-9(11(13)14)12(8-15-12)7-10-5-3-2-4-6-10/h2-6H,7-8H2,1H3/t12-/m0/s1. The van der Waals surface area contributed by atoms with Crippen LogP contribution in [0.5, 0.6) is 0 Å². The molecule has 1 saturated heterocycles. The highest BCUT2D eigenvalue weighted by molar-refractivity contribution is 5.28. The second kappa shape index (κ2) is 3.74. The zero-order valence-electron chi connectivity index (χ0n) is 8.47. The molecular weight excluding hydrogens is 198 g/mol. The number of hydrogen-bond donors (Lipinski definition) is 0. The monoisotopic (exact) mass is 210 g/mol. The highest BCUT2D eigenvalue weighted by Gasteiger charge is 2.48. The first-order valence-electron chi connectivity index (χ1n) is 4.84. The fourth-order valence-electron chi connectivity index (χ4n) is 1.64. The molecule has 1 fully saturated rings. The van der Waals surface area contributed by atoms with Gasteiger partial charge in [0.15, 0.2) is 0 Å². The van der Waals surface area contributed by atoms with E-state index in [1.807, 2.05) is 30.3 Å². The maximum atomic E-state index is 12.5. The zero-order chi connectivity index (χ0) is 10.9. The van der Waals surface area contributed by atoms with Gasteiger partial charge in [-0.3, -0.25) is 0 Å². The van der Waals surface area contributed by atoms with Crippen molar-refractivity contribution in [1.29, 1.82) is 0 Å². The number of ether oxygens (including phenoxy) is 1. The van der Waals surface area contributed by atoms with E-state index in [0.29, 0.717) is 13.0 Å². The van der Waals surface area contributed by atoms with E-state index < -0.39 is 11.7 Å². The first kappa shape index (κ1) is 10.3. The van der Waals surface area contributed by atoms with E-state index in [9.17, 15) is 8.78 Å². The Hall–Kier alpha value is -1.22. The molecule has 1 aromatic carbocycles. The minimum absolute atomic E-state index is 0.0614. The lowest BCUT2D eigenvalue weighted by atomic mass is 9.94. The minimum Gasteiger partial charge on any atom is -0.364 e. The van der Waals surface area contributed by atoms with Gasteiger partial charge >= 0.3 is 0 Å². The van der Waals surface area contributed by atoms with E-state index in [1.54, 1.807) is 0 Å². The summed E-state index contributed by atoms with van der Waals surface area (Å²) < 4.78 is 30.1. The molecule has 0 amide bonds. The Morgan fingerprint density at radius 1 is 1.33 bits per heavy atom. The van der Waals surface area contributed by atoms with Crippen molar-refractivity contribution in [3.05, 3.63) is 47.5 Å². The molecule has 80 valence electrons. The molecule has 1 aliphatic heterocycles. The van der Waals surface area contributed by atoms with Gasteiger partial charge < -0.3 is 4.74 Å². The second-order valence-electron chi connectivity index (χ2n) is 3.83. The summed E-state index contributed by atoms with van der Waals surface area (Å²) in [7, 11) is 0. The van der Waals surface area contributed by atoms with Gasteiger partial charge in [0, 0.05) is 12.0 Å². The number of hydrogen-bond acceptors (Lipinski definition) is 1.